The minimum Gasteiger partial charge on any atom is -0.496 e. The summed E-state index contributed by atoms with van der Waals surface area (Å²) >= 11 is 0. The summed E-state index contributed by atoms with van der Waals surface area (Å²) in [6.07, 6.45) is 4.31. The highest BCUT2D eigenvalue weighted by atomic mass is 32.2. The molecule has 0 spiro atoms. The Kier molecular flexibility index (Phi) is 7.28. The fourth-order valence-electron chi connectivity index (χ4n) is 2.83. The van der Waals surface area contributed by atoms with Gasteiger partial charge < -0.3 is 14.8 Å². The molecule has 4 nitrogen and oxygen atoms in total. The predicted molar refractivity (Wildman–Crippen MR) is 101 cm³/mol. The van der Waals surface area contributed by atoms with Gasteiger partial charge in [0.05, 0.1) is 12.0 Å². The summed E-state index contributed by atoms with van der Waals surface area (Å²) in [5, 5.41) is 2.75. The molecule has 0 radical (unpaired) electrons. The summed E-state index contributed by atoms with van der Waals surface area (Å²) in [6, 6.07) is 13.5. The highest BCUT2D eigenvalue weighted by Crippen LogP contribution is 2.33. The number of hydrogen-bond donors (Lipinski definition) is 2. The summed E-state index contributed by atoms with van der Waals surface area (Å²) in [5.74, 6) is 0.921. The third-order valence-corrected chi connectivity index (χ3v) is 5.06. The zero-order valence-electron chi connectivity index (χ0n) is 14.6. The number of rotatable bonds is 4. The molecule has 0 amide bonds. The van der Waals surface area contributed by atoms with Crippen LogP contribution in [0.3, 0.4) is 0 Å². The van der Waals surface area contributed by atoms with Gasteiger partial charge in [0.1, 0.15) is 5.75 Å². The smallest absolute Gasteiger partial charge is 0.150 e. The molecular weight excluding hydrogens is 320 g/mol. The van der Waals surface area contributed by atoms with Crippen molar-refractivity contribution in [1.29, 1.82) is 0 Å². The Hall–Kier alpha value is -1.85. The molecule has 2 aromatic carbocycles. The van der Waals surface area contributed by atoms with Gasteiger partial charge in [0.15, 0.2) is 11.0 Å². The van der Waals surface area contributed by atoms with E-state index in [0.717, 1.165) is 35.6 Å². The van der Waals surface area contributed by atoms with E-state index in [1.54, 1.807) is 7.11 Å². The van der Waals surface area contributed by atoms with Crippen molar-refractivity contribution in [2.45, 2.75) is 30.6 Å². The van der Waals surface area contributed by atoms with Crippen LogP contribution in [0.25, 0.3) is 0 Å². The van der Waals surface area contributed by atoms with Crippen LogP contribution in [0.5, 0.6) is 5.75 Å². The van der Waals surface area contributed by atoms with E-state index in [4.69, 9.17) is 4.74 Å². The van der Waals surface area contributed by atoms with Gasteiger partial charge in [0, 0.05) is 5.69 Å². The first kappa shape index (κ1) is 18.5. The third-order valence-electron chi connectivity index (χ3n) is 3.85. The van der Waals surface area contributed by atoms with Crippen molar-refractivity contribution < 1.29 is 8.95 Å². The fraction of sp³-hybridized carbons (Fsp3) is 0.368. The molecule has 0 aromatic heterocycles. The molecule has 5 heteroatoms. The fourth-order valence-corrected chi connectivity index (χ4v) is 3.94. The Bertz CT molecular complexity index is 675. The lowest BCUT2D eigenvalue weighted by molar-refractivity contribution is 0.405. The van der Waals surface area contributed by atoms with Crippen LogP contribution in [0, 0.1) is 0 Å². The van der Waals surface area contributed by atoms with Crippen LogP contribution in [0.2, 0.25) is 0 Å². The zero-order chi connectivity index (χ0) is 17.4. The summed E-state index contributed by atoms with van der Waals surface area (Å²) < 4.78 is 21.2. The van der Waals surface area contributed by atoms with Crippen LogP contribution in [0.15, 0.2) is 47.4 Å². The van der Waals surface area contributed by atoms with Gasteiger partial charge in [-0.1, -0.05) is 18.2 Å². The highest BCUT2D eigenvalue weighted by Gasteiger charge is 2.20. The second kappa shape index (κ2) is 9.45. The Morgan fingerprint density at radius 3 is 2.21 bits per heavy atom. The lowest BCUT2D eigenvalue weighted by Crippen LogP contribution is -2.13. The Balaban J connectivity index is 0.000000647. The number of hydrogen-bond acceptors (Lipinski definition) is 3. The molecule has 1 aliphatic carbocycles. The van der Waals surface area contributed by atoms with Gasteiger partial charge in [-0.15, -0.1) is 0 Å². The molecule has 2 N–H and O–H groups in total. The number of methoxy groups -OCH3 is 1. The lowest BCUT2D eigenvalue weighted by Gasteiger charge is -2.21. The molecule has 0 heterocycles. The molecule has 0 bridgehead atoms. The molecule has 0 aliphatic heterocycles. The van der Waals surface area contributed by atoms with Crippen LogP contribution < -0.4 is 14.8 Å². The quantitative estimate of drug-likeness (QED) is 0.890. The number of nitrogens with one attached hydrogen (secondary N) is 2. The van der Waals surface area contributed by atoms with E-state index < -0.39 is 11.0 Å². The van der Waals surface area contributed by atoms with Crippen molar-refractivity contribution in [3.8, 4) is 5.75 Å². The van der Waals surface area contributed by atoms with Crippen LogP contribution >= 0.6 is 0 Å². The van der Waals surface area contributed by atoms with Gasteiger partial charge >= 0.3 is 0 Å². The van der Waals surface area contributed by atoms with Gasteiger partial charge in [-0.25, -0.2) is 4.21 Å². The topological polar surface area (TPSA) is 50.4 Å². The van der Waals surface area contributed by atoms with Crippen molar-refractivity contribution in [3.05, 3.63) is 53.6 Å². The maximum absolute atomic E-state index is 12.6. The Labute approximate surface area is 147 Å². The minimum atomic E-state index is -1.24. The average Bonchev–Trinajstić information content (AvgIpc) is 2.62. The van der Waals surface area contributed by atoms with Gasteiger partial charge in [0.25, 0.3) is 0 Å². The Morgan fingerprint density at radius 2 is 1.58 bits per heavy atom. The number of fused-ring (bicyclic) bond motifs is 1. The first-order valence-corrected chi connectivity index (χ1v) is 9.37. The first-order valence-electron chi connectivity index (χ1n) is 8.22. The molecule has 0 saturated heterocycles. The second-order valence-corrected chi connectivity index (χ2v) is 6.85. The molecule has 1 unspecified atom stereocenters. The van der Waals surface area contributed by atoms with Gasteiger partial charge in [-0.05, 0) is 75.2 Å². The molecule has 1 atom stereocenters. The van der Waals surface area contributed by atoms with Crippen LogP contribution in [-0.2, 0) is 23.8 Å². The van der Waals surface area contributed by atoms with Gasteiger partial charge in [-0.3, -0.25) is 0 Å². The standard InChI is InChI=1S/C17H19NO2S.C2H7N/c1-20-16-11-12-17(15-10-6-5-9-14(15)16)21(19)18-13-7-3-2-4-8-13;1-3-2/h2-4,7-8,11-12,18H,5-6,9-10H2,1H3;3H,1-2H3. The second-order valence-electron chi connectivity index (χ2n) is 5.67. The van der Waals surface area contributed by atoms with Crippen molar-refractivity contribution in [3.63, 3.8) is 0 Å². The molecular formula is C19H26N2O2S. The van der Waals surface area contributed by atoms with Crippen molar-refractivity contribution in [2.75, 3.05) is 25.9 Å². The molecule has 3 rings (SSSR count). The Morgan fingerprint density at radius 1 is 0.958 bits per heavy atom. The van der Waals surface area contributed by atoms with Crippen molar-refractivity contribution in [2.24, 2.45) is 0 Å². The third kappa shape index (κ3) is 4.58. The average molecular weight is 346 g/mol. The maximum atomic E-state index is 12.6. The number of anilines is 1. The summed E-state index contributed by atoms with van der Waals surface area (Å²) in [4.78, 5) is 0.884. The highest BCUT2D eigenvalue weighted by molar-refractivity contribution is 7.86. The summed E-state index contributed by atoms with van der Waals surface area (Å²) in [7, 11) is 4.21. The monoisotopic (exact) mass is 346 g/mol. The number of para-hydroxylation sites is 1. The molecule has 0 saturated carbocycles. The van der Waals surface area contributed by atoms with Gasteiger partial charge in [0.2, 0.25) is 0 Å². The van der Waals surface area contributed by atoms with Crippen LogP contribution in [0.4, 0.5) is 5.69 Å². The lowest BCUT2D eigenvalue weighted by atomic mass is 9.91. The minimum absolute atomic E-state index is 0.871. The van der Waals surface area contributed by atoms with Crippen molar-refractivity contribution >= 4 is 16.7 Å². The zero-order valence-corrected chi connectivity index (χ0v) is 15.4. The van der Waals surface area contributed by atoms with E-state index in [2.05, 4.69) is 10.0 Å². The van der Waals surface area contributed by atoms with Crippen LogP contribution in [-0.4, -0.2) is 25.4 Å². The predicted octanol–water partition coefficient (Wildman–Crippen LogP) is 3.54. The molecule has 130 valence electrons. The molecule has 24 heavy (non-hydrogen) atoms. The largest absolute Gasteiger partial charge is 0.496 e. The molecule has 0 fully saturated rings. The number of benzene rings is 2. The summed E-state index contributed by atoms with van der Waals surface area (Å²) in [5.41, 5.74) is 3.29. The molecule has 1 aliphatic rings. The van der Waals surface area contributed by atoms with E-state index in [1.165, 1.54) is 17.5 Å². The van der Waals surface area contributed by atoms with Crippen LogP contribution in [0.1, 0.15) is 24.0 Å². The van der Waals surface area contributed by atoms with Gasteiger partial charge in [-0.2, -0.15) is 0 Å². The van der Waals surface area contributed by atoms with Crippen molar-refractivity contribution in [1.82, 2.24) is 5.32 Å². The van der Waals surface area contributed by atoms with E-state index in [-0.39, 0.29) is 0 Å². The van der Waals surface area contributed by atoms with E-state index >= 15 is 0 Å². The SMILES string of the molecule is CNC.COc1ccc(S(=O)Nc2ccccc2)c2c1CCCC2. The maximum Gasteiger partial charge on any atom is 0.150 e. The first-order chi connectivity index (χ1) is 11.7. The molecule has 2 aromatic rings. The van der Waals surface area contributed by atoms with E-state index in [1.807, 2.05) is 56.6 Å². The van der Waals surface area contributed by atoms with E-state index in [9.17, 15) is 4.21 Å². The van der Waals surface area contributed by atoms with E-state index in [0.29, 0.717) is 0 Å². The number of ether oxygens (including phenoxy) is 1. The summed E-state index contributed by atoms with van der Waals surface area (Å²) in [6.45, 7) is 0. The normalized spacial score (nSPS) is 14.0.